The molecule has 5 heteroatoms. The second-order valence-corrected chi connectivity index (χ2v) is 5.01. The molecule has 0 bridgehead atoms. The van der Waals surface area contributed by atoms with Crippen LogP contribution in [0.3, 0.4) is 0 Å². The molecule has 112 valence electrons. The number of hydrogen-bond donors (Lipinski definition) is 1. The molecule has 0 aliphatic heterocycles. The van der Waals surface area contributed by atoms with E-state index in [4.69, 9.17) is 0 Å². The van der Waals surface area contributed by atoms with E-state index in [-0.39, 0.29) is 11.6 Å². The molecule has 0 amide bonds. The standard InChI is InChI=1S/C17H15F2N3/c1-22-10-9-20-17(22)16(14-7-2-3-8-15(14)19)21-13-6-4-5-12(18)11-13/h2-11,16,21H,1H3. The number of nitrogens with zero attached hydrogens (tertiary/aromatic N) is 2. The van der Waals surface area contributed by atoms with Gasteiger partial charge in [0.1, 0.15) is 23.5 Å². The number of hydrogen-bond acceptors (Lipinski definition) is 2. The van der Waals surface area contributed by atoms with Gasteiger partial charge >= 0.3 is 0 Å². The molecular weight excluding hydrogens is 284 g/mol. The fraction of sp³-hybridized carbons (Fsp3) is 0.118. The summed E-state index contributed by atoms with van der Waals surface area (Å²) < 4.78 is 29.4. The lowest BCUT2D eigenvalue weighted by Crippen LogP contribution is -2.18. The van der Waals surface area contributed by atoms with Crippen LogP contribution < -0.4 is 5.32 Å². The maximum absolute atomic E-state index is 14.2. The Morgan fingerprint density at radius 3 is 2.59 bits per heavy atom. The third-order valence-electron chi connectivity index (χ3n) is 3.47. The van der Waals surface area contributed by atoms with E-state index >= 15 is 0 Å². The summed E-state index contributed by atoms with van der Waals surface area (Å²) in [5.41, 5.74) is 1.03. The Bertz CT molecular complexity index is 783. The summed E-state index contributed by atoms with van der Waals surface area (Å²) in [4.78, 5) is 4.29. The molecule has 3 nitrogen and oxygen atoms in total. The van der Waals surface area contributed by atoms with Crippen LogP contribution in [0.25, 0.3) is 0 Å². The van der Waals surface area contributed by atoms with E-state index in [1.807, 2.05) is 11.6 Å². The fourth-order valence-corrected chi connectivity index (χ4v) is 2.39. The molecule has 0 aliphatic rings. The minimum absolute atomic E-state index is 0.334. The molecule has 2 aromatic carbocycles. The predicted molar refractivity (Wildman–Crippen MR) is 81.5 cm³/mol. The van der Waals surface area contributed by atoms with Crippen LogP contribution in [0.4, 0.5) is 14.5 Å². The van der Waals surface area contributed by atoms with Crippen LogP contribution in [0.1, 0.15) is 17.4 Å². The lowest BCUT2D eigenvalue weighted by atomic mass is 10.0. The highest BCUT2D eigenvalue weighted by atomic mass is 19.1. The summed E-state index contributed by atoms with van der Waals surface area (Å²) in [6, 6.07) is 12.1. The van der Waals surface area contributed by atoms with Crippen molar-refractivity contribution in [1.82, 2.24) is 9.55 Å². The molecule has 1 heterocycles. The molecule has 0 saturated carbocycles. The van der Waals surface area contributed by atoms with Gasteiger partial charge in [-0.05, 0) is 24.3 Å². The molecule has 1 aromatic heterocycles. The van der Waals surface area contributed by atoms with E-state index in [1.54, 1.807) is 42.7 Å². The van der Waals surface area contributed by atoms with Crippen LogP contribution in [0.5, 0.6) is 0 Å². The van der Waals surface area contributed by atoms with Gasteiger partial charge in [0.05, 0.1) is 0 Å². The number of halogens is 2. The number of benzene rings is 2. The Hall–Kier alpha value is -2.69. The summed E-state index contributed by atoms with van der Waals surface area (Å²) in [5.74, 6) is -0.0362. The summed E-state index contributed by atoms with van der Waals surface area (Å²) in [7, 11) is 1.84. The molecule has 0 fully saturated rings. The number of rotatable bonds is 4. The van der Waals surface area contributed by atoms with Crippen molar-refractivity contribution in [2.45, 2.75) is 6.04 Å². The molecule has 0 saturated heterocycles. The Morgan fingerprint density at radius 1 is 1.09 bits per heavy atom. The van der Waals surface area contributed by atoms with Gasteiger partial charge in [0.2, 0.25) is 0 Å². The Kier molecular flexibility index (Phi) is 3.87. The van der Waals surface area contributed by atoms with E-state index in [9.17, 15) is 8.78 Å². The summed E-state index contributed by atoms with van der Waals surface area (Å²) >= 11 is 0. The van der Waals surface area contributed by atoms with Crippen molar-refractivity contribution in [3.05, 3.63) is 83.9 Å². The van der Waals surface area contributed by atoms with Crippen molar-refractivity contribution >= 4 is 5.69 Å². The van der Waals surface area contributed by atoms with Gasteiger partial charge in [-0.2, -0.15) is 0 Å². The zero-order valence-electron chi connectivity index (χ0n) is 12.0. The van der Waals surface area contributed by atoms with Crippen LogP contribution >= 0.6 is 0 Å². The predicted octanol–water partition coefficient (Wildman–Crippen LogP) is 3.90. The molecule has 22 heavy (non-hydrogen) atoms. The first kappa shape index (κ1) is 14.3. The number of aromatic nitrogens is 2. The highest BCUT2D eigenvalue weighted by molar-refractivity contribution is 5.48. The Labute approximate surface area is 127 Å². The quantitative estimate of drug-likeness (QED) is 0.792. The maximum atomic E-state index is 14.2. The van der Waals surface area contributed by atoms with Crippen LogP contribution in [-0.4, -0.2) is 9.55 Å². The molecule has 0 radical (unpaired) electrons. The van der Waals surface area contributed by atoms with E-state index < -0.39 is 6.04 Å². The maximum Gasteiger partial charge on any atom is 0.135 e. The SMILES string of the molecule is Cn1ccnc1C(Nc1cccc(F)c1)c1ccccc1F. The first-order chi connectivity index (χ1) is 10.6. The second-order valence-electron chi connectivity index (χ2n) is 5.01. The van der Waals surface area contributed by atoms with Gasteiger partial charge in [-0.1, -0.05) is 24.3 Å². The third-order valence-corrected chi connectivity index (χ3v) is 3.47. The second kappa shape index (κ2) is 5.97. The molecule has 1 atom stereocenters. The molecule has 3 aromatic rings. The number of imidazole rings is 1. The van der Waals surface area contributed by atoms with E-state index in [0.717, 1.165) is 0 Å². The normalized spacial score (nSPS) is 12.1. The average Bonchev–Trinajstić information content (AvgIpc) is 2.92. The van der Waals surface area contributed by atoms with Crippen molar-refractivity contribution in [1.29, 1.82) is 0 Å². The topological polar surface area (TPSA) is 29.9 Å². The molecule has 1 unspecified atom stereocenters. The van der Waals surface area contributed by atoms with E-state index in [2.05, 4.69) is 10.3 Å². The zero-order chi connectivity index (χ0) is 15.5. The number of aryl methyl sites for hydroxylation is 1. The van der Waals surface area contributed by atoms with Crippen LogP contribution in [-0.2, 0) is 7.05 Å². The van der Waals surface area contributed by atoms with Crippen molar-refractivity contribution < 1.29 is 8.78 Å². The monoisotopic (exact) mass is 299 g/mol. The van der Waals surface area contributed by atoms with Crippen molar-refractivity contribution in [3.63, 3.8) is 0 Å². The first-order valence-corrected chi connectivity index (χ1v) is 6.89. The Morgan fingerprint density at radius 2 is 1.91 bits per heavy atom. The van der Waals surface area contributed by atoms with Gasteiger partial charge in [0.25, 0.3) is 0 Å². The minimum atomic E-state index is -0.511. The molecule has 0 aliphatic carbocycles. The minimum Gasteiger partial charge on any atom is -0.371 e. The van der Waals surface area contributed by atoms with Gasteiger partial charge in [0, 0.05) is 30.7 Å². The van der Waals surface area contributed by atoms with Crippen LogP contribution in [0.2, 0.25) is 0 Å². The lowest BCUT2D eigenvalue weighted by Gasteiger charge is -2.20. The van der Waals surface area contributed by atoms with Gasteiger partial charge in [-0.25, -0.2) is 13.8 Å². The highest BCUT2D eigenvalue weighted by Gasteiger charge is 2.21. The molecule has 0 spiro atoms. The molecule has 3 rings (SSSR count). The largest absolute Gasteiger partial charge is 0.371 e. The van der Waals surface area contributed by atoms with Gasteiger partial charge in [-0.3, -0.25) is 0 Å². The zero-order valence-corrected chi connectivity index (χ0v) is 12.0. The van der Waals surface area contributed by atoms with Crippen LogP contribution in [0, 0.1) is 11.6 Å². The summed E-state index contributed by atoms with van der Waals surface area (Å²) in [6.45, 7) is 0. The molecular formula is C17H15F2N3. The van der Waals surface area contributed by atoms with Crippen LogP contribution in [0.15, 0.2) is 60.9 Å². The van der Waals surface area contributed by atoms with Gasteiger partial charge in [-0.15, -0.1) is 0 Å². The summed E-state index contributed by atoms with van der Waals surface area (Å²) in [6.07, 6.45) is 3.44. The first-order valence-electron chi connectivity index (χ1n) is 6.89. The third kappa shape index (κ3) is 2.83. The Balaban J connectivity index is 2.04. The van der Waals surface area contributed by atoms with Gasteiger partial charge < -0.3 is 9.88 Å². The van der Waals surface area contributed by atoms with Gasteiger partial charge in [0.15, 0.2) is 0 Å². The van der Waals surface area contributed by atoms with Crippen molar-refractivity contribution in [3.8, 4) is 0 Å². The number of nitrogens with one attached hydrogen (secondary N) is 1. The highest BCUT2D eigenvalue weighted by Crippen LogP contribution is 2.27. The molecule has 1 N–H and O–H groups in total. The van der Waals surface area contributed by atoms with E-state index in [0.29, 0.717) is 17.1 Å². The van der Waals surface area contributed by atoms with E-state index in [1.165, 1.54) is 18.2 Å². The fourth-order valence-electron chi connectivity index (χ4n) is 2.39. The smallest absolute Gasteiger partial charge is 0.135 e. The average molecular weight is 299 g/mol. The lowest BCUT2D eigenvalue weighted by molar-refractivity contribution is 0.595. The van der Waals surface area contributed by atoms with Crippen molar-refractivity contribution in [2.24, 2.45) is 7.05 Å². The van der Waals surface area contributed by atoms with Crippen molar-refractivity contribution in [2.75, 3.05) is 5.32 Å². The summed E-state index contributed by atoms with van der Waals surface area (Å²) in [5, 5.41) is 3.16. The number of anilines is 1.